The van der Waals surface area contributed by atoms with Crippen LogP contribution >= 0.6 is 0 Å². The lowest BCUT2D eigenvalue weighted by Gasteiger charge is -2.36. The number of anilines is 3. The van der Waals surface area contributed by atoms with Gasteiger partial charge in [0.1, 0.15) is 12.1 Å². The number of carboxylic acid groups (broad SMARTS) is 1. The molecule has 2 heterocycles. The first-order valence-electron chi connectivity index (χ1n) is 14.1. The van der Waals surface area contributed by atoms with Crippen molar-refractivity contribution in [2.75, 3.05) is 28.6 Å². The van der Waals surface area contributed by atoms with Crippen LogP contribution < -0.4 is 26.4 Å². The fraction of sp³-hybridized carbons (Fsp3) is 0.250. The SMILES string of the molecule is CC1CN(c2cc(=O)n(Cc3cccc(NC(=O)Nc4ccc(-c5ccccc5)cc4)c3)cn2)CC(C)N1.O=C(O)C(F)(F)F. The average molecular weight is 623 g/mol. The van der Waals surface area contributed by atoms with Crippen LogP contribution in [-0.4, -0.2) is 58.0 Å². The van der Waals surface area contributed by atoms with Crippen molar-refractivity contribution in [2.45, 2.75) is 38.7 Å². The summed E-state index contributed by atoms with van der Waals surface area (Å²) in [5.74, 6) is -2.05. The molecular formula is C32H33F3N6O4. The van der Waals surface area contributed by atoms with E-state index < -0.39 is 12.1 Å². The zero-order chi connectivity index (χ0) is 32.6. The molecule has 2 amide bonds. The number of aliphatic carboxylic acids is 1. The number of halogens is 3. The van der Waals surface area contributed by atoms with E-state index in [1.807, 2.05) is 78.9 Å². The summed E-state index contributed by atoms with van der Waals surface area (Å²) in [5, 5.41) is 16.4. The van der Waals surface area contributed by atoms with Gasteiger partial charge in [-0.1, -0.05) is 54.6 Å². The maximum atomic E-state index is 12.8. The van der Waals surface area contributed by atoms with Crippen molar-refractivity contribution in [3.05, 3.63) is 107 Å². The molecule has 5 rings (SSSR count). The number of carbonyl (C=O) groups excluding carboxylic acids is 1. The van der Waals surface area contributed by atoms with Gasteiger partial charge in [0.25, 0.3) is 5.56 Å². The minimum atomic E-state index is -5.08. The summed E-state index contributed by atoms with van der Waals surface area (Å²) in [7, 11) is 0. The van der Waals surface area contributed by atoms with Gasteiger partial charge < -0.3 is 26.0 Å². The molecule has 4 aromatic rings. The number of alkyl halides is 3. The van der Waals surface area contributed by atoms with Gasteiger partial charge in [0.05, 0.1) is 6.54 Å². The van der Waals surface area contributed by atoms with Crippen molar-refractivity contribution in [1.29, 1.82) is 0 Å². The van der Waals surface area contributed by atoms with Crippen molar-refractivity contribution in [3.8, 4) is 11.1 Å². The summed E-state index contributed by atoms with van der Waals surface area (Å²) >= 11 is 0. The van der Waals surface area contributed by atoms with Crippen molar-refractivity contribution >= 4 is 29.2 Å². The molecule has 0 spiro atoms. The minimum absolute atomic E-state index is 0.108. The van der Waals surface area contributed by atoms with E-state index in [9.17, 15) is 22.8 Å². The van der Waals surface area contributed by atoms with E-state index in [4.69, 9.17) is 9.90 Å². The van der Waals surface area contributed by atoms with Crippen LogP contribution in [0.1, 0.15) is 19.4 Å². The van der Waals surface area contributed by atoms with Gasteiger partial charge in [-0.25, -0.2) is 14.6 Å². The fourth-order valence-corrected chi connectivity index (χ4v) is 4.84. The maximum Gasteiger partial charge on any atom is 0.490 e. The molecule has 0 aliphatic carbocycles. The molecule has 45 heavy (non-hydrogen) atoms. The molecule has 13 heteroatoms. The van der Waals surface area contributed by atoms with Gasteiger partial charge in [-0.3, -0.25) is 9.36 Å². The Hall–Kier alpha value is -5.17. The van der Waals surface area contributed by atoms with Crippen LogP contribution in [0.4, 0.5) is 35.2 Å². The zero-order valence-corrected chi connectivity index (χ0v) is 24.6. The van der Waals surface area contributed by atoms with E-state index in [2.05, 4.69) is 39.7 Å². The molecule has 236 valence electrons. The number of nitrogens with zero attached hydrogens (tertiary/aromatic N) is 3. The minimum Gasteiger partial charge on any atom is -0.475 e. The smallest absolute Gasteiger partial charge is 0.475 e. The molecule has 1 saturated heterocycles. The number of carboxylic acids is 1. The van der Waals surface area contributed by atoms with Gasteiger partial charge >= 0.3 is 18.2 Å². The number of amides is 2. The number of carbonyl (C=O) groups is 2. The van der Waals surface area contributed by atoms with Crippen LogP contribution in [0.2, 0.25) is 0 Å². The second kappa shape index (κ2) is 14.5. The monoisotopic (exact) mass is 622 g/mol. The highest BCUT2D eigenvalue weighted by atomic mass is 19.4. The molecule has 0 radical (unpaired) electrons. The topological polar surface area (TPSA) is 129 Å². The van der Waals surface area contributed by atoms with Crippen LogP contribution in [-0.2, 0) is 11.3 Å². The van der Waals surface area contributed by atoms with E-state index in [0.717, 1.165) is 29.8 Å². The van der Waals surface area contributed by atoms with Crippen molar-refractivity contribution in [3.63, 3.8) is 0 Å². The Bertz CT molecular complexity index is 1650. The number of hydrogen-bond acceptors (Lipinski definition) is 6. The Morgan fingerprint density at radius 2 is 1.49 bits per heavy atom. The predicted molar refractivity (Wildman–Crippen MR) is 167 cm³/mol. The first kappa shape index (κ1) is 32.7. The second-order valence-electron chi connectivity index (χ2n) is 10.6. The van der Waals surface area contributed by atoms with Gasteiger partial charge in [-0.15, -0.1) is 0 Å². The predicted octanol–water partition coefficient (Wildman–Crippen LogP) is 5.42. The summed E-state index contributed by atoms with van der Waals surface area (Å²) in [5.41, 5.74) is 4.32. The third-order valence-electron chi connectivity index (χ3n) is 6.78. The van der Waals surface area contributed by atoms with Crippen molar-refractivity contribution < 1.29 is 27.9 Å². The molecule has 4 N–H and O–H groups in total. The zero-order valence-electron chi connectivity index (χ0n) is 24.6. The van der Waals surface area contributed by atoms with Crippen LogP contribution in [0, 0.1) is 0 Å². The van der Waals surface area contributed by atoms with Crippen LogP contribution in [0.5, 0.6) is 0 Å². The largest absolute Gasteiger partial charge is 0.490 e. The Morgan fingerprint density at radius 3 is 2.09 bits per heavy atom. The summed E-state index contributed by atoms with van der Waals surface area (Å²) in [6.07, 6.45) is -3.49. The number of urea groups is 1. The standard InChI is InChI=1S/C30H32N6O2.C2HF3O2/c1-21-17-35(18-22(2)32-21)28-16-29(37)36(20-31-28)19-23-7-6-10-27(15-23)34-30(38)33-26-13-11-25(12-14-26)24-8-4-3-5-9-24;3-2(4,5)1(6)7/h3-16,20-22,32H,17-19H2,1-2H3,(H2,33,34,38);(H,6,7). The van der Waals surface area contributed by atoms with Crippen LogP contribution in [0.3, 0.4) is 0 Å². The summed E-state index contributed by atoms with van der Waals surface area (Å²) in [6.45, 7) is 6.25. The van der Waals surface area contributed by atoms with Gasteiger partial charge in [-0.05, 0) is 54.8 Å². The Kier molecular flexibility index (Phi) is 10.6. The van der Waals surface area contributed by atoms with Gasteiger partial charge in [0, 0.05) is 42.6 Å². The second-order valence-corrected chi connectivity index (χ2v) is 10.6. The normalized spacial score (nSPS) is 16.2. The molecule has 1 aliphatic rings. The summed E-state index contributed by atoms with van der Waals surface area (Å²) in [6, 6.07) is 27.2. The van der Waals surface area contributed by atoms with E-state index in [1.165, 1.54) is 0 Å². The quantitative estimate of drug-likeness (QED) is 0.226. The lowest BCUT2D eigenvalue weighted by molar-refractivity contribution is -0.192. The molecule has 10 nitrogen and oxygen atoms in total. The summed E-state index contributed by atoms with van der Waals surface area (Å²) < 4.78 is 33.3. The lowest BCUT2D eigenvalue weighted by atomic mass is 10.1. The van der Waals surface area contributed by atoms with E-state index >= 15 is 0 Å². The summed E-state index contributed by atoms with van der Waals surface area (Å²) in [4.78, 5) is 41.0. The highest BCUT2D eigenvalue weighted by Gasteiger charge is 2.38. The number of hydrogen-bond donors (Lipinski definition) is 4. The van der Waals surface area contributed by atoms with Crippen molar-refractivity contribution in [2.24, 2.45) is 0 Å². The average Bonchev–Trinajstić information content (AvgIpc) is 2.98. The van der Waals surface area contributed by atoms with E-state index in [1.54, 1.807) is 17.0 Å². The molecule has 1 aliphatic heterocycles. The third kappa shape index (κ3) is 9.66. The molecule has 0 saturated carbocycles. The highest BCUT2D eigenvalue weighted by molar-refractivity contribution is 5.99. The van der Waals surface area contributed by atoms with Crippen molar-refractivity contribution in [1.82, 2.24) is 14.9 Å². The number of rotatable bonds is 6. The molecule has 2 unspecified atom stereocenters. The Balaban J connectivity index is 0.000000591. The first-order valence-corrected chi connectivity index (χ1v) is 14.1. The molecule has 2 atom stereocenters. The Labute approximate surface area is 257 Å². The van der Waals surface area contributed by atoms with Crippen LogP contribution in [0.15, 0.2) is 96.1 Å². The molecule has 1 aromatic heterocycles. The molecular weight excluding hydrogens is 589 g/mol. The van der Waals surface area contributed by atoms with Gasteiger partial charge in [0.2, 0.25) is 0 Å². The number of piperazine rings is 1. The Morgan fingerprint density at radius 1 is 0.889 bits per heavy atom. The highest BCUT2D eigenvalue weighted by Crippen LogP contribution is 2.21. The van der Waals surface area contributed by atoms with E-state index in [-0.39, 0.29) is 11.6 Å². The first-order chi connectivity index (χ1) is 21.4. The molecule has 1 fully saturated rings. The van der Waals surface area contributed by atoms with Gasteiger partial charge in [0.15, 0.2) is 0 Å². The lowest BCUT2D eigenvalue weighted by Crippen LogP contribution is -2.54. The maximum absolute atomic E-state index is 12.8. The third-order valence-corrected chi connectivity index (χ3v) is 6.78. The van der Waals surface area contributed by atoms with E-state index in [0.29, 0.717) is 35.8 Å². The van der Waals surface area contributed by atoms with Crippen LogP contribution in [0.25, 0.3) is 11.1 Å². The number of benzene rings is 3. The fourth-order valence-electron chi connectivity index (χ4n) is 4.84. The molecule has 3 aromatic carbocycles. The number of aromatic nitrogens is 2. The molecule has 0 bridgehead atoms. The number of nitrogens with one attached hydrogen (secondary N) is 3. The van der Waals surface area contributed by atoms with Gasteiger partial charge in [-0.2, -0.15) is 13.2 Å².